The summed E-state index contributed by atoms with van der Waals surface area (Å²) in [5, 5.41) is 4.93. The number of fused-ring (bicyclic) bond motifs is 6. The fourth-order valence-corrected chi connectivity index (χ4v) is 11.3. The average molecular weight is 939 g/mol. The van der Waals surface area contributed by atoms with Crippen molar-refractivity contribution >= 4 is 72.0 Å². The largest absolute Gasteiger partial charge is 0.334 e. The number of aryl methyl sites for hydroxylation is 2. The predicted octanol–water partition coefficient (Wildman–Crippen LogP) is 18.6. The highest BCUT2D eigenvalue weighted by atomic mass is 15.2. The highest BCUT2D eigenvalue weighted by Gasteiger charge is 2.25. The lowest BCUT2D eigenvalue weighted by Crippen LogP contribution is -2.35. The lowest BCUT2D eigenvalue weighted by Gasteiger charge is -2.36. The van der Waals surface area contributed by atoms with Gasteiger partial charge in [0.2, 0.25) is 0 Å². The lowest BCUT2D eigenvalue weighted by atomic mass is 9.94. The van der Waals surface area contributed by atoms with E-state index in [4.69, 9.17) is 0 Å². The Kier molecular flexibility index (Phi) is 11.0. The monoisotopic (exact) mass is 938 g/mol. The minimum atomic E-state index is 0.228. The Morgan fingerprint density at radius 1 is 0.329 bits per heavy atom. The van der Waals surface area contributed by atoms with Gasteiger partial charge in [0.05, 0.1) is 28.1 Å². The fourth-order valence-electron chi connectivity index (χ4n) is 11.3. The molecule has 10 aromatic carbocycles. The van der Waals surface area contributed by atoms with Crippen LogP contribution in [0.15, 0.2) is 261 Å². The van der Waals surface area contributed by atoms with E-state index in [1.54, 1.807) is 0 Å². The van der Waals surface area contributed by atoms with Crippen LogP contribution in [0.25, 0.3) is 77.2 Å². The van der Waals surface area contributed by atoms with Crippen LogP contribution in [0.5, 0.6) is 0 Å². The maximum atomic E-state index is 2.48. The van der Waals surface area contributed by atoms with Crippen LogP contribution in [-0.2, 0) is 0 Å². The summed E-state index contributed by atoms with van der Waals surface area (Å²) in [6, 6.07) is 87.1. The first-order chi connectivity index (χ1) is 35.9. The number of aromatic nitrogens is 2. The van der Waals surface area contributed by atoms with E-state index in [1.165, 1.54) is 88.4 Å². The third-order valence-corrected chi connectivity index (χ3v) is 14.9. The predicted molar refractivity (Wildman–Crippen MR) is 310 cm³/mol. The minimum Gasteiger partial charge on any atom is -0.334 e. The van der Waals surface area contributed by atoms with Crippen LogP contribution in [0.1, 0.15) is 18.1 Å². The molecule has 0 fully saturated rings. The van der Waals surface area contributed by atoms with Crippen molar-refractivity contribution in [3.05, 3.63) is 272 Å². The summed E-state index contributed by atoms with van der Waals surface area (Å²) in [5.41, 5.74) is 20.0. The van der Waals surface area contributed by atoms with Crippen molar-refractivity contribution in [2.45, 2.75) is 26.8 Å². The number of anilines is 5. The van der Waals surface area contributed by atoms with Gasteiger partial charge in [-0.2, -0.15) is 0 Å². The van der Waals surface area contributed by atoms with Crippen LogP contribution in [0.4, 0.5) is 28.4 Å². The summed E-state index contributed by atoms with van der Waals surface area (Å²) in [7, 11) is 0. The third kappa shape index (κ3) is 7.89. The van der Waals surface area contributed by atoms with E-state index in [1.807, 2.05) is 0 Å². The molecule has 13 rings (SSSR count). The normalized spacial score (nSPS) is 14.4. The molecule has 0 bridgehead atoms. The Balaban J connectivity index is 0.835. The highest BCUT2D eigenvalue weighted by molar-refractivity contribution is 6.19. The van der Waals surface area contributed by atoms with E-state index >= 15 is 0 Å². The second-order valence-corrected chi connectivity index (χ2v) is 19.6. The molecular weight excluding hydrogens is 885 g/mol. The van der Waals surface area contributed by atoms with Gasteiger partial charge >= 0.3 is 0 Å². The summed E-state index contributed by atoms with van der Waals surface area (Å²) in [6.07, 6.45) is 8.96. The molecule has 0 radical (unpaired) electrons. The molecule has 1 aliphatic carbocycles. The molecule has 0 amide bonds. The molecule has 0 aliphatic heterocycles. The SMILES string of the molecule is Cc1cccc(N(c2ccccc2)c2ccc(-c3ccc(-n4c5ccccc5c5cc6c(cc54)c4ccccc4n6-c4ccc(-c5ccc(N(c6cccc(C)c6)C6C=CC=CC6C)cc5)cc4)cc3)cc2)c1. The zero-order chi connectivity index (χ0) is 49.0. The molecular formula is C69H54N4. The number of para-hydroxylation sites is 3. The van der Waals surface area contributed by atoms with Gasteiger partial charge in [0, 0.05) is 61.4 Å². The van der Waals surface area contributed by atoms with Crippen molar-refractivity contribution in [2.75, 3.05) is 9.80 Å². The summed E-state index contributed by atoms with van der Waals surface area (Å²) in [6.45, 7) is 6.62. The molecule has 4 heteroatoms. The van der Waals surface area contributed by atoms with Crippen LogP contribution in [0, 0.1) is 19.8 Å². The van der Waals surface area contributed by atoms with Crippen molar-refractivity contribution < 1.29 is 0 Å². The summed E-state index contributed by atoms with van der Waals surface area (Å²) in [5.74, 6) is 0.380. The summed E-state index contributed by atoms with van der Waals surface area (Å²) < 4.78 is 4.88. The molecule has 4 nitrogen and oxygen atoms in total. The van der Waals surface area contributed by atoms with Crippen molar-refractivity contribution in [1.29, 1.82) is 0 Å². The number of allylic oxidation sites excluding steroid dienone is 2. The van der Waals surface area contributed by atoms with Crippen LogP contribution >= 0.6 is 0 Å². The van der Waals surface area contributed by atoms with Gasteiger partial charge in [0.1, 0.15) is 0 Å². The molecule has 2 atom stereocenters. The van der Waals surface area contributed by atoms with Crippen LogP contribution < -0.4 is 9.80 Å². The first-order valence-corrected chi connectivity index (χ1v) is 25.4. The van der Waals surface area contributed by atoms with Crippen molar-refractivity contribution in [2.24, 2.45) is 5.92 Å². The first-order valence-electron chi connectivity index (χ1n) is 25.4. The van der Waals surface area contributed by atoms with Gasteiger partial charge in [-0.05, 0) is 162 Å². The second-order valence-electron chi connectivity index (χ2n) is 19.6. The van der Waals surface area contributed by atoms with Crippen LogP contribution in [0.3, 0.4) is 0 Å². The zero-order valence-electron chi connectivity index (χ0n) is 41.3. The molecule has 73 heavy (non-hydrogen) atoms. The fraction of sp³-hybridized carbons (Fsp3) is 0.0725. The molecule has 12 aromatic rings. The smallest absolute Gasteiger partial charge is 0.0585 e. The van der Waals surface area contributed by atoms with Gasteiger partial charge in [-0.15, -0.1) is 0 Å². The molecule has 350 valence electrons. The van der Waals surface area contributed by atoms with Gasteiger partial charge in [-0.1, -0.05) is 159 Å². The molecule has 2 unspecified atom stereocenters. The van der Waals surface area contributed by atoms with Crippen LogP contribution in [0.2, 0.25) is 0 Å². The Bertz CT molecular complexity index is 4040. The maximum absolute atomic E-state index is 2.48. The highest BCUT2D eigenvalue weighted by Crippen LogP contribution is 2.42. The second kappa shape index (κ2) is 18.2. The Hall–Kier alpha value is -9.12. The van der Waals surface area contributed by atoms with Crippen molar-refractivity contribution in [3.63, 3.8) is 0 Å². The number of hydrogen-bond acceptors (Lipinski definition) is 2. The molecule has 0 spiro atoms. The first kappa shape index (κ1) is 43.9. The van der Waals surface area contributed by atoms with Crippen LogP contribution in [-0.4, -0.2) is 15.2 Å². The average Bonchev–Trinajstić information content (AvgIpc) is 3.94. The van der Waals surface area contributed by atoms with E-state index in [0.717, 1.165) is 28.4 Å². The van der Waals surface area contributed by atoms with Crippen molar-refractivity contribution in [3.8, 4) is 33.6 Å². The topological polar surface area (TPSA) is 16.3 Å². The Morgan fingerprint density at radius 3 is 1.27 bits per heavy atom. The molecule has 0 N–H and O–H groups in total. The van der Waals surface area contributed by atoms with Crippen molar-refractivity contribution in [1.82, 2.24) is 9.13 Å². The van der Waals surface area contributed by atoms with E-state index in [-0.39, 0.29) is 6.04 Å². The van der Waals surface area contributed by atoms with Gasteiger partial charge in [-0.3, -0.25) is 0 Å². The van der Waals surface area contributed by atoms with E-state index in [0.29, 0.717) is 5.92 Å². The summed E-state index contributed by atoms with van der Waals surface area (Å²) in [4.78, 5) is 4.80. The molecule has 2 heterocycles. The number of hydrogen-bond donors (Lipinski definition) is 0. The molecule has 2 aromatic heterocycles. The number of rotatable bonds is 10. The maximum Gasteiger partial charge on any atom is 0.0585 e. The lowest BCUT2D eigenvalue weighted by molar-refractivity contribution is 0.609. The van der Waals surface area contributed by atoms with Gasteiger partial charge in [-0.25, -0.2) is 0 Å². The van der Waals surface area contributed by atoms with Gasteiger partial charge in [0.25, 0.3) is 0 Å². The number of benzene rings is 10. The quantitative estimate of drug-likeness (QED) is 0.136. The van der Waals surface area contributed by atoms with Gasteiger partial charge < -0.3 is 18.9 Å². The van der Waals surface area contributed by atoms with E-state index in [2.05, 4.69) is 301 Å². The Labute approximate surface area is 427 Å². The molecule has 1 aliphatic rings. The molecule has 0 saturated carbocycles. The third-order valence-electron chi connectivity index (χ3n) is 14.9. The van der Waals surface area contributed by atoms with E-state index in [9.17, 15) is 0 Å². The number of nitrogens with zero attached hydrogens (tertiary/aromatic N) is 4. The molecule has 0 saturated heterocycles. The minimum absolute atomic E-state index is 0.228. The standard InChI is InChI=1S/C69H54N4/c1-47-15-13-20-59(43-47)70(54-18-5-4-6-19-54)55-35-27-50(28-36-55)52-31-39-57(40-32-52)72-66-25-11-8-22-61(66)63-46-69-64(45-68(63)72)62-23-9-12-26-67(62)73(69)58-41-33-53(34-42-58)51-29-37-56(38-30-51)71(60-21-14-16-48(2)44-60)65-24-10-7-17-49(65)3/h4-46,49,65H,1-3H3. The Morgan fingerprint density at radius 2 is 0.753 bits per heavy atom. The summed E-state index contributed by atoms with van der Waals surface area (Å²) >= 11 is 0. The van der Waals surface area contributed by atoms with E-state index < -0.39 is 0 Å². The van der Waals surface area contributed by atoms with Gasteiger partial charge in [0.15, 0.2) is 0 Å². The zero-order valence-corrected chi connectivity index (χ0v) is 41.3.